The second-order valence-corrected chi connectivity index (χ2v) is 5.34. The molecule has 4 heteroatoms. The number of rotatable bonds is 6. The van der Waals surface area contributed by atoms with Crippen molar-refractivity contribution in [2.45, 2.75) is 13.3 Å². The third-order valence-electron chi connectivity index (χ3n) is 3.09. The van der Waals surface area contributed by atoms with Gasteiger partial charge in [0.15, 0.2) is 5.78 Å². The zero-order chi connectivity index (χ0) is 15.2. The van der Waals surface area contributed by atoms with E-state index in [4.69, 9.17) is 9.47 Å². The molecule has 0 aliphatic rings. The molecule has 0 radical (unpaired) electrons. The monoisotopic (exact) mass is 348 g/mol. The maximum atomic E-state index is 12.5. The van der Waals surface area contributed by atoms with Crippen molar-refractivity contribution in [3.63, 3.8) is 0 Å². The van der Waals surface area contributed by atoms with Crippen LogP contribution in [0, 0.1) is 0 Å². The van der Waals surface area contributed by atoms with Gasteiger partial charge >= 0.3 is 0 Å². The Hall–Kier alpha value is -1.81. The molecule has 0 spiro atoms. The van der Waals surface area contributed by atoms with Crippen LogP contribution in [-0.4, -0.2) is 19.5 Å². The summed E-state index contributed by atoms with van der Waals surface area (Å²) in [4.78, 5) is 12.5. The summed E-state index contributed by atoms with van der Waals surface area (Å²) in [6.45, 7) is 2.44. The highest BCUT2D eigenvalue weighted by Crippen LogP contribution is 2.26. The summed E-state index contributed by atoms with van der Waals surface area (Å²) in [7, 11) is 1.61. The van der Waals surface area contributed by atoms with Crippen LogP contribution in [0.25, 0.3) is 0 Å². The molecule has 2 aromatic carbocycles. The van der Waals surface area contributed by atoms with Crippen molar-refractivity contribution in [3.8, 4) is 11.5 Å². The number of halogens is 1. The normalized spacial score (nSPS) is 10.2. The number of ketones is 1. The first-order valence-electron chi connectivity index (χ1n) is 6.73. The minimum absolute atomic E-state index is 0.0213. The van der Waals surface area contributed by atoms with E-state index >= 15 is 0 Å². The van der Waals surface area contributed by atoms with Gasteiger partial charge < -0.3 is 9.47 Å². The molecule has 3 nitrogen and oxygen atoms in total. The minimum Gasteiger partial charge on any atom is -0.497 e. The highest BCUT2D eigenvalue weighted by molar-refractivity contribution is 9.10. The van der Waals surface area contributed by atoms with Gasteiger partial charge in [-0.2, -0.15) is 0 Å². The molecule has 0 bridgehead atoms. The first-order valence-corrected chi connectivity index (χ1v) is 7.52. The lowest BCUT2D eigenvalue weighted by molar-refractivity contribution is 0.0989. The Balaban J connectivity index is 2.26. The first kappa shape index (κ1) is 15.6. The maximum absolute atomic E-state index is 12.5. The molecule has 2 aromatic rings. The van der Waals surface area contributed by atoms with Crippen LogP contribution in [0.2, 0.25) is 0 Å². The Bertz CT molecular complexity index is 638. The number of hydrogen-bond acceptors (Lipinski definition) is 3. The number of ether oxygens (including phenoxy) is 2. The van der Waals surface area contributed by atoms with Crippen molar-refractivity contribution in [1.82, 2.24) is 0 Å². The molecule has 0 aliphatic carbocycles. The Morgan fingerprint density at radius 3 is 2.67 bits per heavy atom. The van der Waals surface area contributed by atoms with Crippen molar-refractivity contribution in [1.29, 1.82) is 0 Å². The molecular formula is C17H17BrO3. The Morgan fingerprint density at radius 2 is 1.95 bits per heavy atom. The van der Waals surface area contributed by atoms with Crippen LogP contribution < -0.4 is 9.47 Å². The van der Waals surface area contributed by atoms with Crippen LogP contribution in [0.5, 0.6) is 11.5 Å². The highest BCUT2D eigenvalue weighted by Gasteiger charge is 2.14. The van der Waals surface area contributed by atoms with Gasteiger partial charge in [0.2, 0.25) is 0 Å². The van der Waals surface area contributed by atoms with Gasteiger partial charge in [0, 0.05) is 10.9 Å². The van der Waals surface area contributed by atoms with E-state index in [1.54, 1.807) is 13.2 Å². The van der Waals surface area contributed by atoms with Crippen LogP contribution in [0.15, 0.2) is 46.9 Å². The molecule has 0 saturated heterocycles. The van der Waals surface area contributed by atoms with E-state index in [1.165, 1.54) is 0 Å². The molecule has 0 saturated carbocycles. The summed E-state index contributed by atoms with van der Waals surface area (Å²) >= 11 is 3.47. The smallest absolute Gasteiger partial charge is 0.170 e. The van der Waals surface area contributed by atoms with Crippen molar-refractivity contribution >= 4 is 21.7 Å². The number of carbonyl (C=O) groups is 1. The molecule has 0 aromatic heterocycles. The second kappa shape index (κ2) is 7.27. The number of benzene rings is 2. The lowest BCUT2D eigenvalue weighted by atomic mass is 10.0. The van der Waals surface area contributed by atoms with Gasteiger partial charge in [-0.25, -0.2) is 0 Å². The Morgan fingerprint density at radius 1 is 1.19 bits per heavy atom. The molecule has 110 valence electrons. The SMILES string of the molecule is CCOc1ccccc1C(=O)Cc1cc(OC)ccc1Br. The van der Waals surface area contributed by atoms with Gasteiger partial charge in [0.25, 0.3) is 0 Å². The predicted molar refractivity (Wildman–Crippen MR) is 86.3 cm³/mol. The van der Waals surface area contributed by atoms with Crippen molar-refractivity contribution < 1.29 is 14.3 Å². The third-order valence-corrected chi connectivity index (χ3v) is 3.86. The zero-order valence-electron chi connectivity index (χ0n) is 12.1. The largest absolute Gasteiger partial charge is 0.497 e. The molecule has 0 unspecified atom stereocenters. The van der Waals surface area contributed by atoms with E-state index in [9.17, 15) is 4.79 Å². The van der Waals surface area contributed by atoms with Gasteiger partial charge in [-0.15, -0.1) is 0 Å². The van der Waals surface area contributed by atoms with Gasteiger partial charge in [0.05, 0.1) is 19.3 Å². The van der Waals surface area contributed by atoms with E-state index < -0.39 is 0 Å². The maximum Gasteiger partial charge on any atom is 0.170 e. The molecule has 0 fully saturated rings. The van der Waals surface area contributed by atoms with Crippen LogP contribution in [-0.2, 0) is 6.42 Å². The second-order valence-electron chi connectivity index (χ2n) is 4.49. The average molecular weight is 349 g/mol. The van der Waals surface area contributed by atoms with E-state index in [0.717, 1.165) is 15.8 Å². The van der Waals surface area contributed by atoms with Gasteiger partial charge in [-0.05, 0) is 42.8 Å². The average Bonchev–Trinajstić information content (AvgIpc) is 2.50. The lowest BCUT2D eigenvalue weighted by Crippen LogP contribution is -2.07. The number of para-hydroxylation sites is 1. The number of Topliss-reactive ketones (excluding diaryl/α,β-unsaturated/α-hetero) is 1. The summed E-state index contributed by atoms with van der Waals surface area (Å²) in [5.41, 5.74) is 1.50. The molecule has 0 N–H and O–H groups in total. The van der Waals surface area contributed by atoms with Crippen LogP contribution in [0.4, 0.5) is 0 Å². The van der Waals surface area contributed by atoms with E-state index in [0.29, 0.717) is 24.3 Å². The number of hydrogen-bond donors (Lipinski definition) is 0. The van der Waals surface area contributed by atoms with E-state index in [1.807, 2.05) is 43.3 Å². The van der Waals surface area contributed by atoms with Gasteiger partial charge in [-0.3, -0.25) is 4.79 Å². The van der Waals surface area contributed by atoms with Crippen molar-refractivity contribution in [3.05, 3.63) is 58.1 Å². The first-order chi connectivity index (χ1) is 10.2. The summed E-state index contributed by atoms with van der Waals surface area (Å²) in [5, 5.41) is 0. The Labute approximate surface area is 133 Å². The van der Waals surface area contributed by atoms with Crippen LogP contribution in [0.1, 0.15) is 22.8 Å². The molecule has 2 rings (SSSR count). The minimum atomic E-state index is 0.0213. The van der Waals surface area contributed by atoms with Crippen molar-refractivity contribution in [2.75, 3.05) is 13.7 Å². The summed E-state index contributed by atoms with van der Waals surface area (Å²) in [5.74, 6) is 1.39. The lowest BCUT2D eigenvalue weighted by Gasteiger charge is -2.10. The molecule has 0 heterocycles. The summed E-state index contributed by atoms with van der Waals surface area (Å²) in [6, 6.07) is 12.9. The van der Waals surface area contributed by atoms with Gasteiger partial charge in [0.1, 0.15) is 11.5 Å². The fraction of sp³-hybridized carbons (Fsp3) is 0.235. The predicted octanol–water partition coefficient (Wildman–Crippen LogP) is 4.28. The fourth-order valence-corrected chi connectivity index (χ4v) is 2.45. The quantitative estimate of drug-likeness (QED) is 0.730. The zero-order valence-corrected chi connectivity index (χ0v) is 13.6. The molecular weight excluding hydrogens is 332 g/mol. The molecule has 21 heavy (non-hydrogen) atoms. The summed E-state index contributed by atoms with van der Waals surface area (Å²) in [6.07, 6.45) is 0.294. The highest BCUT2D eigenvalue weighted by atomic mass is 79.9. The van der Waals surface area contributed by atoms with Gasteiger partial charge in [-0.1, -0.05) is 28.1 Å². The van der Waals surface area contributed by atoms with Crippen LogP contribution in [0.3, 0.4) is 0 Å². The Kier molecular flexibility index (Phi) is 5.39. The topological polar surface area (TPSA) is 35.5 Å². The van der Waals surface area contributed by atoms with Crippen LogP contribution >= 0.6 is 15.9 Å². The van der Waals surface area contributed by atoms with E-state index in [2.05, 4.69) is 15.9 Å². The fourth-order valence-electron chi connectivity index (χ4n) is 2.06. The molecule has 0 atom stereocenters. The molecule has 0 amide bonds. The van der Waals surface area contributed by atoms with Crippen molar-refractivity contribution in [2.24, 2.45) is 0 Å². The summed E-state index contributed by atoms with van der Waals surface area (Å²) < 4.78 is 11.6. The standard InChI is InChI=1S/C17H17BrO3/c1-3-21-17-7-5-4-6-14(17)16(19)11-12-10-13(20-2)8-9-15(12)18/h4-10H,3,11H2,1-2H3. The number of carbonyl (C=O) groups excluding carboxylic acids is 1. The molecule has 0 aliphatic heterocycles. The van der Waals surface area contributed by atoms with E-state index in [-0.39, 0.29) is 5.78 Å². The number of methoxy groups -OCH3 is 1. The third kappa shape index (κ3) is 3.85.